The molecule has 0 aliphatic heterocycles. The van der Waals surface area contributed by atoms with Gasteiger partial charge in [0, 0.05) is 33.1 Å². The van der Waals surface area contributed by atoms with Gasteiger partial charge in [-0.25, -0.2) is 0 Å². The largest absolute Gasteiger partial charge is 0.416 e. The Morgan fingerprint density at radius 3 is 2.46 bits per heavy atom. The maximum absolute atomic E-state index is 12.7. The van der Waals surface area contributed by atoms with E-state index in [-0.39, 0.29) is 36.4 Å². The van der Waals surface area contributed by atoms with Gasteiger partial charge in [0.15, 0.2) is 5.96 Å². The highest BCUT2D eigenvalue weighted by Gasteiger charge is 2.30. The normalized spacial score (nSPS) is 15.1. The van der Waals surface area contributed by atoms with Crippen molar-refractivity contribution in [1.82, 2.24) is 16.0 Å². The van der Waals surface area contributed by atoms with E-state index in [4.69, 9.17) is 0 Å². The number of amides is 1. The van der Waals surface area contributed by atoms with Gasteiger partial charge in [0.05, 0.1) is 5.56 Å². The lowest BCUT2D eigenvalue weighted by Crippen LogP contribution is -2.41. The number of nitrogens with one attached hydrogen (secondary N) is 3. The van der Waals surface area contributed by atoms with E-state index in [2.05, 4.69) is 20.9 Å². The topological polar surface area (TPSA) is 65.5 Å². The first kappa shape index (κ1) is 24.5. The molecule has 0 heterocycles. The molecule has 158 valence electrons. The quantitative estimate of drug-likeness (QED) is 0.226. The van der Waals surface area contributed by atoms with Gasteiger partial charge < -0.3 is 16.0 Å². The number of benzene rings is 1. The molecule has 0 unspecified atom stereocenters. The van der Waals surface area contributed by atoms with E-state index in [1.165, 1.54) is 18.9 Å². The molecule has 1 saturated carbocycles. The Hall–Kier alpha value is -1.52. The fourth-order valence-corrected chi connectivity index (χ4v) is 3.20. The molecule has 1 aromatic rings. The number of rotatable bonds is 7. The summed E-state index contributed by atoms with van der Waals surface area (Å²) < 4.78 is 38.2. The van der Waals surface area contributed by atoms with Gasteiger partial charge >= 0.3 is 6.18 Å². The second-order valence-electron chi connectivity index (χ2n) is 6.76. The molecule has 9 heteroatoms. The number of aliphatic imine (C=N–C) groups is 1. The highest BCUT2D eigenvalue weighted by Crippen LogP contribution is 2.29. The summed E-state index contributed by atoms with van der Waals surface area (Å²) in [7, 11) is 1.58. The first-order valence-electron chi connectivity index (χ1n) is 9.26. The summed E-state index contributed by atoms with van der Waals surface area (Å²) in [4.78, 5) is 15.9. The van der Waals surface area contributed by atoms with Gasteiger partial charge in [0.2, 0.25) is 5.91 Å². The van der Waals surface area contributed by atoms with E-state index in [0.717, 1.165) is 25.0 Å². The molecule has 5 nitrogen and oxygen atoms in total. The molecule has 0 bridgehead atoms. The highest BCUT2D eigenvalue weighted by molar-refractivity contribution is 14.0. The lowest BCUT2D eigenvalue weighted by molar-refractivity contribution is -0.137. The Morgan fingerprint density at radius 1 is 1.14 bits per heavy atom. The van der Waals surface area contributed by atoms with Gasteiger partial charge in [0.25, 0.3) is 0 Å². The zero-order chi connectivity index (χ0) is 19.7. The minimum Gasteiger partial charge on any atom is -0.355 e. The van der Waals surface area contributed by atoms with Crippen molar-refractivity contribution in [2.75, 3.05) is 20.1 Å². The fourth-order valence-electron chi connectivity index (χ4n) is 3.20. The average Bonchev–Trinajstić information content (AvgIpc) is 3.13. The summed E-state index contributed by atoms with van der Waals surface area (Å²) in [5.41, 5.74) is -0.160. The van der Waals surface area contributed by atoms with E-state index in [1.807, 2.05) is 0 Å². The molecule has 1 fully saturated rings. The smallest absolute Gasteiger partial charge is 0.355 e. The number of hydrogen-bond acceptors (Lipinski definition) is 2. The predicted molar refractivity (Wildman–Crippen MR) is 115 cm³/mol. The van der Waals surface area contributed by atoms with Gasteiger partial charge in [-0.05, 0) is 36.5 Å². The summed E-state index contributed by atoms with van der Waals surface area (Å²) in [6.07, 6.45) is 0.936. The van der Waals surface area contributed by atoms with Crippen molar-refractivity contribution >= 4 is 35.8 Å². The summed E-state index contributed by atoms with van der Waals surface area (Å²) in [5.74, 6) is 1.05. The maximum Gasteiger partial charge on any atom is 0.416 e. The first-order valence-corrected chi connectivity index (χ1v) is 9.26. The molecule has 0 spiro atoms. The zero-order valence-corrected chi connectivity index (χ0v) is 18.3. The van der Waals surface area contributed by atoms with Crippen molar-refractivity contribution in [2.24, 2.45) is 10.9 Å². The molecule has 1 aliphatic rings. The Kier molecular flexibility index (Phi) is 10.6. The number of carbonyl (C=O) groups is 1. The van der Waals surface area contributed by atoms with Crippen molar-refractivity contribution in [3.63, 3.8) is 0 Å². The van der Waals surface area contributed by atoms with Crippen molar-refractivity contribution in [1.29, 1.82) is 0 Å². The SMILES string of the molecule is CN=C(NCCNC(=O)CC1CCCC1)NCc1cccc(C(F)(F)F)c1.I. The number of alkyl halides is 3. The van der Waals surface area contributed by atoms with Crippen molar-refractivity contribution in [3.05, 3.63) is 35.4 Å². The van der Waals surface area contributed by atoms with Crippen LogP contribution in [0.25, 0.3) is 0 Å². The Balaban J connectivity index is 0.00000392. The van der Waals surface area contributed by atoms with Crippen LogP contribution in [0.2, 0.25) is 0 Å². The second kappa shape index (κ2) is 12.1. The molecule has 2 rings (SSSR count). The lowest BCUT2D eigenvalue weighted by atomic mass is 10.0. The monoisotopic (exact) mass is 512 g/mol. The first-order chi connectivity index (χ1) is 12.9. The third-order valence-corrected chi connectivity index (χ3v) is 4.63. The Morgan fingerprint density at radius 2 is 1.82 bits per heavy atom. The van der Waals surface area contributed by atoms with Gasteiger partial charge in [-0.1, -0.05) is 25.0 Å². The Bertz CT molecular complexity index is 646. The van der Waals surface area contributed by atoms with Crippen molar-refractivity contribution in [2.45, 2.75) is 44.8 Å². The van der Waals surface area contributed by atoms with E-state index < -0.39 is 11.7 Å². The van der Waals surface area contributed by atoms with E-state index in [9.17, 15) is 18.0 Å². The van der Waals surface area contributed by atoms with Gasteiger partial charge in [-0.2, -0.15) is 13.2 Å². The number of hydrogen-bond donors (Lipinski definition) is 3. The van der Waals surface area contributed by atoms with Crippen LogP contribution in [0.3, 0.4) is 0 Å². The number of halogens is 4. The third kappa shape index (κ3) is 8.66. The standard InChI is InChI=1S/C19H27F3N4O.HI/c1-23-18(25-10-9-24-17(27)12-14-5-2-3-6-14)26-13-15-7-4-8-16(11-15)19(20,21)22;/h4,7-8,11,14H,2-3,5-6,9-10,12-13H2,1H3,(H,24,27)(H2,23,25,26);1H. The van der Waals surface area contributed by atoms with Gasteiger partial charge in [0.1, 0.15) is 0 Å². The fraction of sp³-hybridized carbons (Fsp3) is 0.579. The summed E-state index contributed by atoms with van der Waals surface area (Å²) in [6, 6.07) is 5.17. The van der Waals surface area contributed by atoms with Crippen LogP contribution in [0.15, 0.2) is 29.3 Å². The van der Waals surface area contributed by atoms with Gasteiger partial charge in [-0.15, -0.1) is 24.0 Å². The number of nitrogens with zero attached hydrogens (tertiary/aromatic N) is 1. The highest BCUT2D eigenvalue weighted by atomic mass is 127. The van der Waals surface area contributed by atoms with Crippen LogP contribution < -0.4 is 16.0 Å². The lowest BCUT2D eigenvalue weighted by Gasteiger charge is -2.14. The van der Waals surface area contributed by atoms with Gasteiger partial charge in [-0.3, -0.25) is 9.79 Å². The van der Waals surface area contributed by atoms with Crippen LogP contribution in [0.1, 0.15) is 43.2 Å². The molecule has 0 atom stereocenters. The molecule has 1 amide bonds. The van der Waals surface area contributed by atoms with Crippen molar-refractivity contribution < 1.29 is 18.0 Å². The summed E-state index contributed by atoms with van der Waals surface area (Å²) in [6.45, 7) is 1.17. The molecular formula is C19H28F3IN4O. The molecule has 0 radical (unpaired) electrons. The van der Waals surface area contributed by atoms with Crippen LogP contribution in [0.5, 0.6) is 0 Å². The van der Waals surface area contributed by atoms with E-state index >= 15 is 0 Å². The van der Waals surface area contributed by atoms with Crippen molar-refractivity contribution in [3.8, 4) is 0 Å². The second-order valence-corrected chi connectivity index (χ2v) is 6.76. The third-order valence-electron chi connectivity index (χ3n) is 4.63. The average molecular weight is 512 g/mol. The van der Waals surface area contributed by atoms with Crippen LogP contribution in [-0.2, 0) is 17.5 Å². The minimum absolute atomic E-state index is 0. The maximum atomic E-state index is 12.7. The summed E-state index contributed by atoms with van der Waals surface area (Å²) in [5, 5.41) is 8.88. The minimum atomic E-state index is -4.35. The molecule has 1 aliphatic carbocycles. The summed E-state index contributed by atoms with van der Waals surface area (Å²) >= 11 is 0. The van der Waals surface area contributed by atoms with Crippen LogP contribution in [0.4, 0.5) is 13.2 Å². The predicted octanol–water partition coefficient (Wildman–Crippen LogP) is 3.68. The molecule has 1 aromatic carbocycles. The van der Waals surface area contributed by atoms with Crippen LogP contribution in [0, 0.1) is 5.92 Å². The molecule has 28 heavy (non-hydrogen) atoms. The molecule has 0 aromatic heterocycles. The van der Waals surface area contributed by atoms with E-state index in [1.54, 1.807) is 13.1 Å². The molecule has 3 N–H and O–H groups in total. The molecular weight excluding hydrogens is 484 g/mol. The number of carbonyl (C=O) groups excluding carboxylic acids is 1. The zero-order valence-electron chi connectivity index (χ0n) is 15.9. The Labute approximate surface area is 181 Å². The van der Waals surface area contributed by atoms with Crippen LogP contribution in [-0.4, -0.2) is 32.0 Å². The van der Waals surface area contributed by atoms with Crippen LogP contribution >= 0.6 is 24.0 Å². The number of guanidine groups is 1. The van der Waals surface area contributed by atoms with E-state index in [0.29, 0.717) is 37.0 Å². The molecule has 0 saturated heterocycles.